The van der Waals surface area contributed by atoms with Gasteiger partial charge in [0.05, 0.1) is 5.69 Å². The van der Waals surface area contributed by atoms with Crippen LogP contribution in [-0.4, -0.2) is 9.97 Å². The molecule has 0 bridgehead atoms. The van der Waals surface area contributed by atoms with Crippen molar-refractivity contribution in [2.24, 2.45) is 0 Å². The molecule has 1 aromatic carbocycles. The molecule has 1 heterocycles. The van der Waals surface area contributed by atoms with Crippen LogP contribution >= 0.6 is 15.9 Å². The van der Waals surface area contributed by atoms with Gasteiger partial charge < -0.3 is 0 Å². The van der Waals surface area contributed by atoms with Gasteiger partial charge in [-0.15, -0.1) is 0 Å². The first kappa shape index (κ1) is 13.1. The SMILES string of the molecule is Cc1c(F)cccc1-c1cc(Br)nc(C(C)C)n1. The molecule has 0 amide bonds. The molecule has 0 saturated carbocycles. The van der Waals surface area contributed by atoms with E-state index in [4.69, 9.17) is 0 Å². The number of halogens is 2. The molecule has 0 unspecified atom stereocenters. The Balaban J connectivity index is 2.60. The summed E-state index contributed by atoms with van der Waals surface area (Å²) in [5.41, 5.74) is 2.16. The zero-order valence-corrected chi connectivity index (χ0v) is 12.1. The van der Waals surface area contributed by atoms with Crippen molar-refractivity contribution in [3.05, 3.63) is 46.1 Å². The fraction of sp³-hybridized carbons (Fsp3) is 0.286. The van der Waals surface area contributed by atoms with E-state index in [1.54, 1.807) is 13.0 Å². The van der Waals surface area contributed by atoms with E-state index in [2.05, 4.69) is 25.9 Å². The second kappa shape index (κ2) is 5.14. The van der Waals surface area contributed by atoms with Gasteiger partial charge in [0.2, 0.25) is 0 Å². The van der Waals surface area contributed by atoms with Gasteiger partial charge in [-0.3, -0.25) is 0 Å². The van der Waals surface area contributed by atoms with E-state index < -0.39 is 0 Å². The van der Waals surface area contributed by atoms with Gasteiger partial charge in [0.1, 0.15) is 16.2 Å². The molecular formula is C14H14BrFN2. The number of hydrogen-bond acceptors (Lipinski definition) is 2. The van der Waals surface area contributed by atoms with E-state index in [-0.39, 0.29) is 11.7 Å². The largest absolute Gasteiger partial charge is 0.233 e. The second-order valence-electron chi connectivity index (χ2n) is 4.50. The van der Waals surface area contributed by atoms with Crippen molar-refractivity contribution in [1.82, 2.24) is 9.97 Å². The van der Waals surface area contributed by atoms with Gasteiger partial charge in [-0.1, -0.05) is 26.0 Å². The first-order valence-electron chi connectivity index (χ1n) is 5.79. The summed E-state index contributed by atoms with van der Waals surface area (Å²) in [7, 11) is 0. The lowest BCUT2D eigenvalue weighted by molar-refractivity contribution is 0.619. The third-order valence-electron chi connectivity index (χ3n) is 2.77. The number of aromatic nitrogens is 2. The van der Waals surface area contributed by atoms with Crippen molar-refractivity contribution >= 4 is 15.9 Å². The Kier molecular flexibility index (Phi) is 3.76. The molecule has 1 aromatic heterocycles. The Labute approximate surface area is 114 Å². The lowest BCUT2D eigenvalue weighted by Crippen LogP contribution is -2.00. The molecule has 0 aliphatic carbocycles. The molecule has 0 atom stereocenters. The van der Waals surface area contributed by atoms with Crippen LogP contribution in [0, 0.1) is 12.7 Å². The maximum absolute atomic E-state index is 13.6. The average molecular weight is 309 g/mol. The van der Waals surface area contributed by atoms with Crippen molar-refractivity contribution in [1.29, 1.82) is 0 Å². The van der Waals surface area contributed by atoms with Crippen LogP contribution in [0.1, 0.15) is 31.2 Å². The molecule has 0 spiro atoms. The van der Waals surface area contributed by atoms with Crippen molar-refractivity contribution in [2.75, 3.05) is 0 Å². The smallest absolute Gasteiger partial charge is 0.132 e. The molecular weight excluding hydrogens is 295 g/mol. The molecule has 2 aromatic rings. The fourth-order valence-electron chi connectivity index (χ4n) is 1.72. The van der Waals surface area contributed by atoms with Gasteiger partial charge in [-0.05, 0) is 40.5 Å². The topological polar surface area (TPSA) is 25.8 Å². The maximum atomic E-state index is 13.6. The molecule has 94 valence electrons. The monoisotopic (exact) mass is 308 g/mol. The normalized spacial score (nSPS) is 11.0. The molecule has 0 aliphatic heterocycles. The molecule has 18 heavy (non-hydrogen) atoms. The summed E-state index contributed by atoms with van der Waals surface area (Å²) in [5, 5.41) is 0. The molecule has 0 saturated heterocycles. The zero-order valence-electron chi connectivity index (χ0n) is 10.5. The number of benzene rings is 1. The highest BCUT2D eigenvalue weighted by Gasteiger charge is 2.11. The van der Waals surface area contributed by atoms with Crippen molar-refractivity contribution in [2.45, 2.75) is 26.7 Å². The lowest BCUT2D eigenvalue weighted by Gasteiger charge is -2.10. The number of nitrogens with zero attached hydrogens (tertiary/aromatic N) is 2. The van der Waals surface area contributed by atoms with Crippen LogP contribution in [0.2, 0.25) is 0 Å². The molecule has 0 aliphatic rings. The highest BCUT2D eigenvalue weighted by atomic mass is 79.9. The predicted molar refractivity (Wildman–Crippen MR) is 74.0 cm³/mol. The summed E-state index contributed by atoms with van der Waals surface area (Å²) in [4.78, 5) is 8.82. The summed E-state index contributed by atoms with van der Waals surface area (Å²) in [6.45, 7) is 5.82. The summed E-state index contributed by atoms with van der Waals surface area (Å²) in [6, 6.07) is 6.84. The van der Waals surface area contributed by atoms with E-state index in [0.717, 1.165) is 21.7 Å². The molecule has 4 heteroatoms. The quantitative estimate of drug-likeness (QED) is 0.765. The molecule has 2 nitrogen and oxygen atoms in total. The van der Waals surface area contributed by atoms with E-state index in [1.165, 1.54) is 6.07 Å². The molecule has 0 fully saturated rings. The second-order valence-corrected chi connectivity index (χ2v) is 5.31. The van der Waals surface area contributed by atoms with Crippen molar-refractivity contribution < 1.29 is 4.39 Å². The third-order valence-corrected chi connectivity index (χ3v) is 3.18. The summed E-state index contributed by atoms with van der Waals surface area (Å²) in [6.07, 6.45) is 0. The Bertz CT molecular complexity index is 582. The van der Waals surface area contributed by atoms with E-state index in [1.807, 2.05) is 26.0 Å². The summed E-state index contributed by atoms with van der Waals surface area (Å²) in [5.74, 6) is 0.770. The van der Waals surface area contributed by atoms with Crippen LogP contribution in [0.15, 0.2) is 28.9 Å². The highest BCUT2D eigenvalue weighted by molar-refractivity contribution is 9.10. The van der Waals surface area contributed by atoms with E-state index in [0.29, 0.717) is 5.56 Å². The van der Waals surface area contributed by atoms with Gasteiger partial charge in [0.15, 0.2) is 0 Å². The minimum Gasteiger partial charge on any atom is -0.233 e. The maximum Gasteiger partial charge on any atom is 0.132 e. The van der Waals surface area contributed by atoms with Crippen LogP contribution in [-0.2, 0) is 0 Å². The molecule has 0 N–H and O–H groups in total. The number of rotatable bonds is 2. The van der Waals surface area contributed by atoms with E-state index >= 15 is 0 Å². The molecule has 2 rings (SSSR count). The van der Waals surface area contributed by atoms with Crippen LogP contribution < -0.4 is 0 Å². The first-order valence-corrected chi connectivity index (χ1v) is 6.58. The third kappa shape index (κ3) is 2.58. The Morgan fingerprint density at radius 3 is 2.61 bits per heavy atom. The predicted octanol–water partition coefficient (Wildman–Crippen LogP) is 4.48. The average Bonchev–Trinajstić information content (AvgIpc) is 2.31. The minimum atomic E-state index is -0.215. The Morgan fingerprint density at radius 2 is 1.94 bits per heavy atom. The van der Waals surface area contributed by atoms with E-state index in [9.17, 15) is 4.39 Å². The van der Waals surface area contributed by atoms with Gasteiger partial charge in [-0.2, -0.15) is 0 Å². The van der Waals surface area contributed by atoms with Crippen molar-refractivity contribution in [3.8, 4) is 11.3 Å². The highest BCUT2D eigenvalue weighted by Crippen LogP contribution is 2.26. The van der Waals surface area contributed by atoms with Crippen molar-refractivity contribution in [3.63, 3.8) is 0 Å². The minimum absolute atomic E-state index is 0.215. The van der Waals surface area contributed by atoms with Gasteiger partial charge in [0, 0.05) is 11.5 Å². The number of hydrogen-bond donors (Lipinski definition) is 0. The molecule has 0 radical (unpaired) electrons. The fourth-order valence-corrected chi connectivity index (χ4v) is 2.11. The van der Waals surface area contributed by atoms with Crippen LogP contribution in [0.25, 0.3) is 11.3 Å². The Hall–Kier alpha value is -1.29. The van der Waals surface area contributed by atoms with Gasteiger partial charge >= 0.3 is 0 Å². The summed E-state index contributed by atoms with van der Waals surface area (Å²) < 4.78 is 14.3. The lowest BCUT2D eigenvalue weighted by atomic mass is 10.0. The standard InChI is InChI=1S/C14H14BrFN2/c1-8(2)14-17-12(7-13(15)18-14)10-5-4-6-11(16)9(10)3/h4-8H,1-3H3. The Morgan fingerprint density at radius 1 is 1.22 bits per heavy atom. The summed E-state index contributed by atoms with van der Waals surface area (Å²) >= 11 is 3.38. The van der Waals surface area contributed by atoms with Gasteiger partial charge in [-0.25, -0.2) is 14.4 Å². The van der Waals surface area contributed by atoms with Crippen LogP contribution in [0.5, 0.6) is 0 Å². The van der Waals surface area contributed by atoms with Crippen LogP contribution in [0.4, 0.5) is 4.39 Å². The van der Waals surface area contributed by atoms with Gasteiger partial charge in [0.25, 0.3) is 0 Å². The first-order chi connectivity index (χ1) is 8.49. The zero-order chi connectivity index (χ0) is 13.3. The van der Waals surface area contributed by atoms with Crippen LogP contribution in [0.3, 0.4) is 0 Å².